The fourth-order valence-electron chi connectivity index (χ4n) is 4.29. The van der Waals surface area contributed by atoms with Crippen molar-refractivity contribution in [2.45, 2.75) is 82.0 Å². The monoisotopic (exact) mass is 316 g/mol. The molecule has 0 amide bonds. The molecule has 2 aliphatic heterocycles. The van der Waals surface area contributed by atoms with Crippen LogP contribution in [0.5, 0.6) is 0 Å². The Kier molecular flexibility index (Phi) is 4.44. The first-order valence-electron chi connectivity index (χ1n) is 9.31. The highest BCUT2D eigenvalue weighted by molar-refractivity contribution is 6.05. The van der Waals surface area contributed by atoms with Gasteiger partial charge in [-0.25, -0.2) is 20.4 Å². The lowest BCUT2D eigenvalue weighted by atomic mass is 9.93. The lowest BCUT2D eigenvalue weighted by Crippen LogP contribution is -2.64. The Morgan fingerprint density at radius 3 is 2.39 bits per heavy atom. The molecule has 2 saturated carbocycles. The van der Waals surface area contributed by atoms with E-state index in [9.17, 15) is 0 Å². The summed E-state index contributed by atoms with van der Waals surface area (Å²) in [6.07, 6.45) is 16.6. The maximum absolute atomic E-state index is 4.69. The summed E-state index contributed by atoms with van der Waals surface area (Å²) in [6, 6.07) is 1.11. The first kappa shape index (κ1) is 15.3. The third-order valence-electron chi connectivity index (χ3n) is 5.55. The minimum Gasteiger partial charge on any atom is -0.294 e. The Labute approximate surface area is 138 Å². The van der Waals surface area contributed by atoms with E-state index in [4.69, 9.17) is 4.99 Å². The van der Waals surface area contributed by atoms with Gasteiger partial charge < -0.3 is 0 Å². The van der Waals surface area contributed by atoms with E-state index in [1.807, 2.05) is 6.34 Å². The Morgan fingerprint density at radius 2 is 1.65 bits per heavy atom. The van der Waals surface area contributed by atoms with Crippen LogP contribution < -0.4 is 10.7 Å². The SMILES string of the molecule is C1=NC2=NC=NC2(NC2CCCCC2)CN1NC1CCCCC1. The van der Waals surface area contributed by atoms with Gasteiger partial charge in [-0.05, 0) is 25.7 Å². The fraction of sp³-hybridized carbons (Fsp3) is 0.824. The number of hydrogen-bond acceptors (Lipinski definition) is 6. The van der Waals surface area contributed by atoms with Crippen molar-refractivity contribution in [3.63, 3.8) is 0 Å². The van der Waals surface area contributed by atoms with Crippen molar-refractivity contribution < 1.29 is 0 Å². The Balaban J connectivity index is 1.43. The quantitative estimate of drug-likeness (QED) is 0.836. The van der Waals surface area contributed by atoms with E-state index in [-0.39, 0.29) is 0 Å². The molecule has 1 atom stereocenters. The van der Waals surface area contributed by atoms with Gasteiger partial charge in [0.05, 0.1) is 6.54 Å². The number of hydrazine groups is 1. The van der Waals surface area contributed by atoms with Gasteiger partial charge in [0.2, 0.25) is 0 Å². The summed E-state index contributed by atoms with van der Waals surface area (Å²) in [4.78, 5) is 13.7. The predicted molar refractivity (Wildman–Crippen MR) is 93.9 cm³/mol. The molecule has 1 unspecified atom stereocenters. The topological polar surface area (TPSA) is 64.4 Å². The Morgan fingerprint density at radius 1 is 0.957 bits per heavy atom. The van der Waals surface area contributed by atoms with Gasteiger partial charge in [-0.2, -0.15) is 0 Å². The first-order valence-corrected chi connectivity index (χ1v) is 9.31. The molecule has 2 heterocycles. The summed E-state index contributed by atoms with van der Waals surface area (Å²) < 4.78 is 0. The third kappa shape index (κ3) is 3.33. The van der Waals surface area contributed by atoms with Crippen molar-refractivity contribution in [3.8, 4) is 0 Å². The second-order valence-electron chi connectivity index (χ2n) is 7.37. The molecular weight excluding hydrogens is 288 g/mol. The molecule has 2 N–H and O–H groups in total. The molecule has 4 rings (SSSR count). The van der Waals surface area contributed by atoms with Gasteiger partial charge in [0.25, 0.3) is 0 Å². The fourth-order valence-corrected chi connectivity index (χ4v) is 4.29. The van der Waals surface area contributed by atoms with E-state index >= 15 is 0 Å². The number of aliphatic imine (C=N–C) groups is 3. The van der Waals surface area contributed by atoms with Gasteiger partial charge in [0.1, 0.15) is 12.7 Å². The summed E-state index contributed by atoms with van der Waals surface area (Å²) in [5.74, 6) is 0.824. The maximum Gasteiger partial charge on any atom is 0.192 e. The third-order valence-corrected chi connectivity index (χ3v) is 5.55. The Hall–Kier alpha value is -1.27. The number of nitrogens with one attached hydrogen (secondary N) is 2. The van der Waals surface area contributed by atoms with E-state index in [0.29, 0.717) is 12.1 Å². The molecule has 126 valence electrons. The molecule has 0 saturated heterocycles. The second kappa shape index (κ2) is 6.69. The van der Waals surface area contributed by atoms with E-state index in [2.05, 4.69) is 25.7 Å². The van der Waals surface area contributed by atoms with Crippen LogP contribution in [0.2, 0.25) is 0 Å². The van der Waals surface area contributed by atoms with Gasteiger partial charge in [0, 0.05) is 12.1 Å². The molecule has 2 fully saturated rings. The molecule has 23 heavy (non-hydrogen) atoms. The Bertz CT molecular complexity index is 501. The van der Waals surface area contributed by atoms with Gasteiger partial charge in [-0.3, -0.25) is 10.3 Å². The minimum absolute atomic E-state index is 0.446. The zero-order chi connectivity index (χ0) is 15.5. The van der Waals surface area contributed by atoms with Crippen molar-refractivity contribution in [2.75, 3.05) is 6.54 Å². The molecule has 2 aliphatic carbocycles. The average molecular weight is 316 g/mol. The van der Waals surface area contributed by atoms with Crippen molar-refractivity contribution in [2.24, 2.45) is 15.0 Å². The zero-order valence-corrected chi connectivity index (χ0v) is 13.9. The highest BCUT2D eigenvalue weighted by atomic mass is 15.6. The molecule has 4 aliphatic rings. The summed E-state index contributed by atoms with van der Waals surface area (Å²) in [6.45, 7) is 0.777. The highest BCUT2D eigenvalue weighted by Gasteiger charge is 2.43. The number of rotatable bonds is 4. The van der Waals surface area contributed by atoms with Gasteiger partial charge in [0.15, 0.2) is 11.5 Å². The van der Waals surface area contributed by atoms with E-state index in [0.717, 1.165) is 12.4 Å². The number of hydrogen-bond donors (Lipinski definition) is 2. The van der Waals surface area contributed by atoms with Crippen molar-refractivity contribution in [1.29, 1.82) is 0 Å². The van der Waals surface area contributed by atoms with Crippen molar-refractivity contribution >= 4 is 18.5 Å². The second-order valence-corrected chi connectivity index (χ2v) is 7.37. The standard InChI is InChI=1S/C17H28N6/c1-3-7-14(8-4-1)21-17-11-23(13-19-16(17)18-12-20-17)22-15-9-5-2-6-10-15/h12-15,21-22H,1-11H2. The molecule has 0 spiro atoms. The van der Waals surface area contributed by atoms with Crippen LogP contribution in [0, 0.1) is 0 Å². The molecule has 0 aromatic rings. The number of amidine groups is 1. The molecule has 6 heteroatoms. The van der Waals surface area contributed by atoms with Crippen LogP contribution in [0.15, 0.2) is 15.0 Å². The number of fused-ring (bicyclic) bond motifs is 1. The van der Waals surface area contributed by atoms with Crippen LogP contribution in [-0.2, 0) is 0 Å². The molecule has 6 nitrogen and oxygen atoms in total. The van der Waals surface area contributed by atoms with Crippen LogP contribution in [-0.4, -0.2) is 47.8 Å². The highest BCUT2D eigenvalue weighted by Crippen LogP contribution is 2.26. The minimum atomic E-state index is -0.446. The van der Waals surface area contributed by atoms with Crippen molar-refractivity contribution in [3.05, 3.63) is 0 Å². The summed E-state index contributed by atoms with van der Waals surface area (Å²) in [5, 5.41) is 5.91. The average Bonchev–Trinajstić information content (AvgIpc) is 2.99. The first-order chi connectivity index (χ1) is 11.3. The van der Waals surface area contributed by atoms with Crippen LogP contribution in [0.1, 0.15) is 64.2 Å². The van der Waals surface area contributed by atoms with Crippen LogP contribution >= 0.6 is 0 Å². The summed E-state index contributed by atoms with van der Waals surface area (Å²) in [7, 11) is 0. The van der Waals surface area contributed by atoms with Gasteiger partial charge in [-0.15, -0.1) is 0 Å². The van der Waals surface area contributed by atoms with Crippen LogP contribution in [0.4, 0.5) is 0 Å². The van der Waals surface area contributed by atoms with E-state index < -0.39 is 5.66 Å². The molecule has 0 aromatic heterocycles. The zero-order valence-electron chi connectivity index (χ0n) is 13.9. The largest absolute Gasteiger partial charge is 0.294 e. The smallest absolute Gasteiger partial charge is 0.192 e. The lowest BCUT2D eigenvalue weighted by Gasteiger charge is -2.40. The van der Waals surface area contributed by atoms with Gasteiger partial charge >= 0.3 is 0 Å². The molecule has 0 bridgehead atoms. The molecule has 0 radical (unpaired) electrons. The normalized spacial score (nSPS) is 32.2. The van der Waals surface area contributed by atoms with Gasteiger partial charge in [-0.1, -0.05) is 38.5 Å². The van der Waals surface area contributed by atoms with E-state index in [1.165, 1.54) is 64.2 Å². The van der Waals surface area contributed by atoms with E-state index in [1.54, 1.807) is 6.34 Å². The summed E-state index contributed by atoms with van der Waals surface area (Å²) in [5.41, 5.74) is 3.20. The maximum atomic E-state index is 4.69. The molecule has 0 aromatic carbocycles. The summed E-state index contributed by atoms with van der Waals surface area (Å²) >= 11 is 0. The lowest BCUT2D eigenvalue weighted by molar-refractivity contribution is 0.181. The van der Waals surface area contributed by atoms with Crippen LogP contribution in [0.3, 0.4) is 0 Å². The molecular formula is C17H28N6. The van der Waals surface area contributed by atoms with Crippen LogP contribution in [0.25, 0.3) is 0 Å². The van der Waals surface area contributed by atoms with Crippen molar-refractivity contribution in [1.82, 2.24) is 15.8 Å². The number of nitrogens with zero attached hydrogens (tertiary/aromatic N) is 4. The predicted octanol–water partition coefficient (Wildman–Crippen LogP) is 2.23.